The number of aliphatic hydroxyl groups is 1. The number of carbonyl (C=O) groups is 11. The SMILES string of the molecule is CC[C@H](C)[C@H](NC(=O)[C@H](CC(C)C)NC(=O)[C@@H](NC(=O)[C@H](C)N)C(C)C)C(=O)N[C@@H](C)C(=O)N[C@@H](CCC(N)=O)C(=O)N[C@@H](CCCCN)C(=O)N[C@@H](CO)C(=O)N[C@@H](CCC(=O)O)C(=O)O. The van der Waals surface area contributed by atoms with Crippen molar-refractivity contribution in [1.29, 1.82) is 0 Å². The summed E-state index contributed by atoms with van der Waals surface area (Å²) >= 11 is 0. The molecule has 67 heavy (non-hydrogen) atoms. The summed E-state index contributed by atoms with van der Waals surface area (Å²) in [4.78, 5) is 141. The Labute approximate surface area is 390 Å². The molecule has 25 nitrogen and oxygen atoms in total. The molecule has 25 heteroatoms. The van der Waals surface area contributed by atoms with Gasteiger partial charge in [0.2, 0.25) is 53.2 Å². The molecule has 0 aliphatic rings. The van der Waals surface area contributed by atoms with Gasteiger partial charge in [0.15, 0.2) is 0 Å². The molecule has 0 saturated carbocycles. The summed E-state index contributed by atoms with van der Waals surface area (Å²) in [5.41, 5.74) is 16.6. The number of nitrogens with two attached hydrogens (primary N) is 3. The number of carboxylic acids is 2. The summed E-state index contributed by atoms with van der Waals surface area (Å²) in [5, 5.41) is 47.9. The van der Waals surface area contributed by atoms with Crippen LogP contribution in [0.15, 0.2) is 0 Å². The van der Waals surface area contributed by atoms with Crippen molar-refractivity contribution in [2.24, 2.45) is 35.0 Å². The molecule has 382 valence electrons. The molecule has 0 rings (SSSR count). The smallest absolute Gasteiger partial charge is 0.326 e. The second kappa shape index (κ2) is 31.1. The summed E-state index contributed by atoms with van der Waals surface area (Å²) in [6.45, 7) is 12.4. The molecule has 0 unspecified atom stereocenters. The highest BCUT2D eigenvalue weighted by Gasteiger charge is 2.36. The van der Waals surface area contributed by atoms with Crippen molar-refractivity contribution in [2.45, 2.75) is 168 Å². The largest absolute Gasteiger partial charge is 0.481 e. The van der Waals surface area contributed by atoms with E-state index in [1.807, 2.05) is 13.8 Å². The molecular formula is C42H75N11O14. The van der Waals surface area contributed by atoms with Crippen LogP contribution in [0.25, 0.3) is 0 Å². The zero-order chi connectivity index (χ0) is 51.7. The Balaban J connectivity index is 6.32. The normalized spacial score (nSPS) is 15.7. The number of carbonyl (C=O) groups excluding carboxylic acids is 9. The molecule has 0 aromatic carbocycles. The van der Waals surface area contributed by atoms with E-state index >= 15 is 0 Å². The Hall–Kier alpha value is -5.95. The minimum Gasteiger partial charge on any atom is -0.481 e. The van der Waals surface area contributed by atoms with Crippen molar-refractivity contribution in [1.82, 2.24) is 42.5 Å². The number of amides is 9. The van der Waals surface area contributed by atoms with Gasteiger partial charge in [-0.25, -0.2) is 4.79 Å². The van der Waals surface area contributed by atoms with Gasteiger partial charge in [-0.15, -0.1) is 0 Å². The molecule has 0 aliphatic heterocycles. The predicted molar refractivity (Wildman–Crippen MR) is 241 cm³/mol. The fourth-order valence-electron chi connectivity index (χ4n) is 6.26. The first-order valence-electron chi connectivity index (χ1n) is 22.4. The number of carboxylic acid groups (broad SMARTS) is 2. The monoisotopic (exact) mass is 958 g/mol. The van der Waals surface area contributed by atoms with Crippen LogP contribution in [-0.2, 0) is 52.7 Å². The Kier molecular flexibility index (Phi) is 28.3. The number of hydrogen-bond acceptors (Lipinski definition) is 14. The highest BCUT2D eigenvalue weighted by atomic mass is 16.4. The molecule has 0 aromatic heterocycles. The van der Waals surface area contributed by atoms with Gasteiger partial charge < -0.3 is 75.1 Å². The third-order valence-electron chi connectivity index (χ3n) is 10.5. The highest BCUT2D eigenvalue weighted by Crippen LogP contribution is 2.13. The van der Waals surface area contributed by atoms with E-state index in [1.54, 1.807) is 27.7 Å². The van der Waals surface area contributed by atoms with Gasteiger partial charge in [-0.3, -0.25) is 47.9 Å². The second-order valence-corrected chi connectivity index (χ2v) is 17.3. The summed E-state index contributed by atoms with van der Waals surface area (Å²) in [5.74, 6) is -11.6. The predicted octanol–water partition coefficient (Wildman–Crippen LogP) is -3.68. The van der Waals surface area contributed by atoms with Crippen LogP contribution in [0.1, 0.15) is 113 Å². The molecule has 0 heterocycles. The second-order valence-electron chi connectivity index (χ2n) is 17.3. The van der Waals surface area contributed by atoms with Gasteiger partial charge in [-0.05, 0) is 76.7 Å². The fourth-order valence-corrected chi connectivity index (χ4v) is 6.26. The molecule has 0 radical (unpaired) electrons. The van der Waals surface area contributed by atoms with E-state index in [4.69, 9.17) is 22.3 Å². The lowest BCUT2D eigenvalue weighted by Gasteiger charge is -2.30. The molecule has 0 bridgehead atoms. The van der Waals surface area contributed by atoms with Crippen LogP contribution < -0.4 is 59.7 Å². The van der Waals surface area contributed by atoms with E-state index in [0.29, 0.717) is 12.8 Å². The van der Waals surface area contributed by atoms with Gasteiger partial charge >= 0.3 is 11.9 Å². The summed E-state index contributed by atoms with van der Waals surface area (Å²) in [7, 11) is 0. The average molecular weight is 958 g/mol. The number of aliphatic carboxylic acids is 2. The number of nitrogens with one attached hydrogen (secondary N) is 8. The van der Waals surface area contributed by atoms with Gasteiger partial charge in [-0.2, -0.15) is 0 Å². The van der Waals surface area contributed by atoms with Crippen molar-refractivity contribution in [3.63, 3.8) is 0 Å². The van der Waals surface area contributed by atoms with Crippen LogP contribution in [-0.4, -0.2) is 148 Å². The third-order valence-corrected chi connectivity index (χ3v) is 10.5. The molecule has 9 amide bonds. The quantitative estimate of drug-likeness (QED) is 0.0282. The third kappa shape index (κ3) is 23.4. The Bertz CT molecular complexity index is 1710. The maximum atomic E-state index is 13.8. The lowest BCUT2D eigenvalue weighted by atomic mass is 9.96. The van der Waals surface area contributed by atoms with E-state index in [2.05, 4.69) is 42.5 Å². The maximum absolute atomic E-state index is 13.8. The van der Waals surface area contributed by atoms with Crippen LogP contribution in [0.2, 0.25) is 0 Å². The zero-order valence-electron chi connectivity index (χ0n) is 39.8. The fraction of sp³-hybridized carbons (Fsp3) is 0.738. The van der Waals surface area contributed by atoms with Crippen molar-refractivity contribution < 1.29 is 68.1 Å². The highest BCUT2D eigenvalue weighted by molar-refractivity contribution is 5.98. The van der Waals surface area contributed by atoms with Crippen LogP contribution in [0.5, 0.6) is 0 Å². The van der Waals surface area contributed by atoms with Gasteiger partial charge in [0.25, 0.3) is 0 Å². The maximum Gasteiger partial charge on any atom is 0.326 e. The molecule has 17 N–H and O–H groups in total. The van der Waals surface area contributed by atoms with Crippen LogP contribution >= 0.6 is 0 Å². The summed E-state index contributed by atoms with van der Waals surface area (Å²) in [6.07, 6.45) is -0.823. The summed E-state index contributed by atoms with van der Waals surface area (Å²) in [6, 6.07) is -12.1. The first-order valence-corrected chi connectivity index (χ1v) is 22.4. The van der Waals surface area contributed by atoms with Crippen molar-refractivity contribution in [3.05, 3.63) is 0 Å². The van der Waals surface area contributed by atoms with Gasteiger partial charge in [-0.1, -0.05) is 48.0 Å². The average Bonchev–Trinajstić information content (AvgIpc) is 3.24. The number of primary amides is 1. The van der Waals surface area contributed by atoms with Gasteiger partial charge in [0.1, 0.15) is 48.3 Å². The van der Waals surface area contributed by atoms with E-state index in [1.165, 1.54) is 13.8 Å². The molecule has 0 fully saturated rings. The molecular weight excluding hydrogens is 883 g/mol. The van der Waals surface area contributed by atoms with Crippen LogP contribution in [0, 0.1) is 17.8 Å². The molecule has 0 aliphatic carbocycles. The van der Waals surface area contributed by atoms with Crippen LogP contribution in [0.4, 0.5) is 0 Å². The van der Waals surface area contributed by atoms with Gasteiger partial charge in [0, 0.05) is 12.8 Å². The minimum absolute atomic E-state index is 0.0826. The van der Waals surface area contributed by atoms with E-state index < -0.39 is 151 Å². The van der Waals surface area contributed by atoms with Crippen molar-refractivity contribution in [2.75, 3.05) is 13.2 Å². The van der Waals surface area contributed by atoms with Gasteiger partial charge in [0.05, 0.1) is 12.6 Å². The van der Waals surface area contributed by atoms with E-state index in [0.717, 1.165) is 0 Å². The first kappa shape index (κ1) is 61.0. The molecule has 0 saturated heterocycles. The standard InChI is InChI=1S/C42H75N11O14/c1-9-22(6)33(53-38(62)28(18-20(2)3)50-40(64)32(21(4)5)52-34(58)23(7)44)41(65)46-24(8)35(59)47-26(13-15-30(45)55)37(61)48-25(12-10-11-17-43)36(60)51-29(19-54)39(63)49-27(42(66)67)14-16-31(56)57/h20-29,32-33,54H,9-19,43-44H2,1-8H3,(H2,45,55)(H,46,65)(H,47,59)(H,48,61)(H,49,63)(H,50,64)(H,51,60)(H,52,58)(H,53,62)(H,56,57)(H,66,67)/t22-,23-,24-,25-,26-,27-,28-,29-,32-,33-/m0/s1. The first-order chi connectivity index (χ1) is 31.2. The number of rotatable bonds is 33. The summed E-state index contributed by atoms with van der Waals surface area (Å²) < 4.78 is 0. The molecule has 0 spiro atoms. The van der Waals surface area contributed by atoms with Crippen molar-refractivity contribution in [3.8, 4) is 0 Å². The van der Waals surface area contributed by atoms with E-state index in [-0.39, 0.29) is 44.1 Å². The Morgan fingerprint density at radius 3 is 1.46 bits per heavy atom. The zero-order valence-corrected chi connectivity index (χ0v) is 39.8. The lowest BCUT2D eigenvalue weighted by molar-refractivity contribution is -0.143. The number of hydrogen-bond donors (Lipinski definition) is 14. The lowest BCUT2D eigenvalue weighted by Crippen LogP contribution is -2.61. The van der Waals surface area contributed by atoms with E-state index in [9.17, 15) is 63.0 Å². The topological polar surface area (TPSA) is 423 Å². The number of aliphatic hydroxyl groups excluding tert-OH is 1. The van der Waals surface area contributed by atoms with Crippen LogP contribution in [0.3, 0.4) is 0 Å². The van der Waals surface area contributed by atoms with Crippen molar-refractivity contribution >= 4 is 65.1 Å². The Morgan fingerprint density at radius 1 is 0.522 bits per heavy atom. The Morgan fingerprint density at radius 2 is 0.985 bits per heavy atom. The number of unbranched alkanes of at least 4 members (excludes halogenated alkanes) is 1. The molecule has 10 atom stereocenters. The minimum atomic E-state index is -1.75. The molecule has 0 aromatic rings.